The molecule has 19 heavy (non-hydrogen) atoms. The van der Waals surface area contributed by atoms with Gasteiger partial charge in [-0.2, -0.15) is 0 Å². The summed E-state index contributed by atoms with van der Waals surface area (Å²) in [5, 5.41) is 0.778. The minimum atomic E-state index is 0.102. The Labute approximate surface area is 121 Å². The molecule has 1 heterocycles. The molecule has 1 aromatic rings. The van der Waals surface area contributed by atoms with Crippen LogP contribution in [0.2, 0.25) is 5.02 Å². The molecular formula is C16H24ClNO. The van der Waals surface area contributed by atoms with E-state index in [2.05, 4.69) is 38.7 Å². The predicted octanol–water partition coefficient (Wildman–Crippen LogP) is 4.29. The van der Waals surface area contributed by atoms with E-state index in [0.29, 0.717) is 6.04 Å². The molecule has 0 aromatic heterocycles. The summed E-state index contributed by atoms with van der Waals surface area (Å²) < 4.78 is 6.12. The zero-order valence-electron chi connectivity index (χ0n) is 12.3. The van der Waals surface area contributed by atoms with E-state index < -0.39 is 0 Å². The topological polar surface area (TPSA) is 12.5 Å². The largest absolute Gasteiger partial charge is 0.370 e. The second kappa shape index (κ2) is 5.82. The van der Waals surface area contributed by atoms with Crippen LogP contribution in [0.4, 0.5) is 0 Å². The Morgan fingerprint density at radius 2 is 2.16 bits per heavy atom. The average molecular weight is 282 g/mol. The summed E-state index contributed by atoms with van der Waals surface area (Å²) in [5.74, 6) is 0. The van der Waals surface area contributed by atoms with Crippen molar-refractivity contribution in [2.75, 3.05) is 13.2 Å². The van der Waals surface area contributed by atoms with Gasteiger partial charge in [-0.15, -0.1) is 0 Å². The number of hydrogen-bond donors (Lipinski definition) is 0. The van der Waals surface area contributed by atoms with Gasteiger partial charge in [-0.25, -0.2) is 0 Å². The molecule has 1 saturated heterocycles. The van der Waals surface area contributed by atoms with Gasteiger partial charge < -0.3 is 4.74 Å². The minimum absolute atomic E-state index is 0.102. The van der Waals surface area contributed by atoms with Crippen LogP contribution in [0.5, 0.6) is 0 Å². The molecule has 3 heteroatoms. The fourth-order valence-corrected chi connectivity index (χ4v) is 3.23. The monoisotopic (exact) mass is 281 g/mol. The van der Waals surface area contributed by atoms with Gasteiger partial charge in [0.2, 0.25) is 0 Å². The molecule has 2 rings (SSSR count). The summed E-state index contributed by atoms with van der Waals surface area (Å²) in [6.07, 6.45) is 1.27. The average Bonchev–Trinajstić information content (AvgIpc) is 2.34. The number of rotatable bonds is 3. The third-order valence-electron chi connectivity index (χ3n) is 3.97. The Morgan fingerprint density at radius 3 is 2.79 bits per heavy atom. The van der Waals surface area contributed by atoms with Gasteiger partial charge in [-0.05, 0) is 51.4 Å². The molecule has 1 aromatic carbocycles. The number of halogens is 1. The van der Waals surface area contributed by atoms with Crippen molar-refractivity contribution in [3.63, 3.8) is 0 Å². The third-order valence-corrected chi connectivity index (χ3v) is 4.20. The molecule has 0 N–H and O–H groups in total. The number of morpholine rings is 1. The van der Waals surface area contributed by atoms with Crippen LogP contribution in [0, 0.1) is 0 Å². The molecule has 0 unspecified atom stereocenters. The SMILES string of the molecule is CCCN1[C@@H](C)[C@H](c2cccc(Cl)c2)OCC1(C)C. The summed E-state index contributed by atoms with van der Waals surface area (Å²) in [5.41, 5.74) is 1.28. The maximum Gasteiger partial charge on any atom is 0.0978 e. The Morgan fingerprint density at radius 1 is 1.42 bits per heavy atom. The molecule has 0 bridgehead atoms. The van der Waals surface area contributed by atoms with Crippen LogP contribution in [0.25, 0.3) is 0 Å². The van der Waals surface area contributed by atoms with E-state index in [1.807, 2.05) is 18.2 Å². The fraction of sp³-hybridized carbons (Fsp3) is 0.625. The Hall–Kier alpha value is -0.570. The van der Waals surface area contributed by atoms with Crippen LogP contribution in [-0.4, -0.2) is 29.6 Å². The number of hydrogen-bond acceptors (Lipinski definition) is 2. The van der Waals surface area contributed by atoms with Gasteiger partial charge in [0.1, 0.15) is 0 Å². The number of nitrogens with zero attached hydrogens (tertiary/aromatic N) is 1. The molecule has 0 saturated carbocycles. The van der Waals surface area contributed by atoms with E-state index >= 15 is 0 Å². The second-order valence-corrected chi connectivity index (χ2v) is 6.47. The first-order valence-electron chi connectivity index (χ1n) is 7.09. The normalized spacial score (nSPS) is 27.4. The lowest BCUT2D eigenvalue weighted by atomic mass is 9.92. The number of benzene rings is 1. The Kier molecular flexibility index (Phi) is 4.54. The molecule has 2 nitrogen and oxygen atoms in total. The molecule has 0 radical (unpaired) electrons. The van der Waals surface area contributed by atoms with Crippen molar-refractivity contribution in [1.29, 1.82) is 0 Å². The second-order valence-electron chi connectivity index (χ2n) is 6.03. The van der Waals surface area contributed by atoms with Gasteiger partial charge in [-0.1, -0.05) is 30.7 Å². The molecular weight excluding hydrogens is 258 g/mol. The van der Waals surface area contributed by atoms with E-state index in [0.717, 1.165) is 24.6 Å². The quantitative estimate of drug-likeness (QED) is 0.819. The first kappa shape index (κ1) is 14.8. The summed E-state index contributed by atoms with van der Waals surface area (Å²) in [6, 6.07) is 8.40. The van der Waals surface area contributed by atoms with Crippen molar-refractivity contribution < 1.29 is 4.74 Å². The van der Waals surface area contributed by atoms with Gasteiger partial charge in [0.05, 0.1) is 12.7 Å². The first-order chi connectivity index (χ1) is 8.95. The van der Waals surface area contributed by atoms with Crippen LogP contribution < -0.4 is 0 Å². The maximum absolute atomic E-state index is 6.12. The van der Waals surface area contributed by atoms with Crippen molar-refractivity contribution in [2.45, 2.75) is 51.8 Å². The van der Waals surface area contributed by atoms with Crippen molar-refractivity contribution in [3.05, 3.63) is 34.9 Å². The maximum atomic E-state index is 6.12. The van der Waals surface area contributed by atoms with Crippen LogP contribution in [0.15, 0.2) is 24.3 Å². The summed E-state index contributed by atoms with van der Waals surface area (Å²) in [7, 11) is 0. The van der Waals surface area contributed by atoms with E-state index in [-0.39, 0.29) is 11.6 Å². The lowest BCUT2D eigenvalue weighted by Gasteiger charge is -2.50. The predicted molar refractivity (Wildman–Crippen MR) is 80.7 cm³/mol. The number of ether oxygens (including phenoxy) is 1. The first-order valence-corrected chi connectivity index (χ1v) is 7.47. The molecule has 0 aliphatic carbocycles. The van der Waals surface area contributed by atoms with Crippen molar-refractivity contribution in [1.82, 2.24) is 4.90 Å². The summed E-state index contributed by atoms with van der Waals surface area (Å²) in [6.45, 7) is 10.9. The van der Waals surface area contributed by atoms with Gasteiger partial charge in [-0.3, -0.25) is 4.90 Å². The molecule has 0 amide bonds. The van der Waals surface area contributed by atoms with Crippen LogP contribution in [-0.2, 0) is 4.74 Å². The lowest BCUT2D eigenvalue weighted by Crippen LogP contribution is -2.58. The highest BCUT2D eigenvalue weighted by molar-refractivity contribution is 6.30. The highest BCUT2D eigenvalue weighted by Crippen LogP contribution is 2.36. The van der Waals surface area contributed by atoms with Gasteiger partial charge in [0.25, 0.3) is 0 Å². The smallest absolute Gasteiger partial charge is 0.0978 e. The van der Waals surface area contributed by atoms with Crippen LogP contribution in [0.1, 0.15) is 45.8 Å². The fourth-order valence-electron chi connectivity index (χ4n) is 3.04. The standard InChI is InChI=1S/C16H24ClNO/c1-5-9-18-12(2)15(19-11-16(18,3)4)13-7-6-8-14(17)10-13/h6-8,10,12,15H,5,9,11H2,1-4H3/t12-,15+/m0/s1. The van der Waals surface area contributed by atoms with Gasteiger partial charge in [0.15, 0.2) is 0 Å². The minimum Gasteiger partial charge on any atom is -0.370 e. The van der Waals surface area contributed by atoms with E-state index in [1.165, 1.54) is 5.56 Å². The molecule has 0 spiro atoms. The van der Waals surface area contributed by atoms with Crippen molar-refractivity contribution in [2.24, 2.45) is 0 Å². The highest BCUT2D eigenvalue weighted by Gasteiger charge is 2.40. The molecule has 1 fully saturated rings. The third kappa shape index (κ3) is 3.13. The zero-order chi connectivity index (χ0) is 14.0. The summed E-state index contributed by atoms with van der Waals surface area (Å²) >= 11 is 6.10. The molecule has 106 valence electrons. The zero-order valence-corrected chi connectivity index (χ0v) is 13.1. The molecule has 2 atom stereocenters. The lowest BCUT2D eigenvalue weighted by molar-refractivity contribution is -0.134. The van der Waals surface area contributed by atoms with Gasteiger partial charge in [0, 0.05) is 16.6 Å². The van der Waals surface area contributed by atoms with E-state index in [9.17, 15) is 0 Å². The molecule has 1 aliphatic heterocycles. The van der Waals surface area contributed by atoms with Gasteiger partial charge >= 0.3 is 0 Å². The van der Waals surface area contributed by atoms with E-state index in [1.54, 1.807) is 0 Å². The van der Waals surface area contributed by atoms with Crippen molar-refractivity contribution >= 4 is 11.6 Å². The van der Waals surface area contributed by atoms with Crippen LogP contribution >= 0.6 is 11.6 Å². The van der Waals surface area contributed by atoms with Crippen molar-refractivity contribution in [3.8, 4) is 0 Å². The van der Waals surface area contributed by atoms with Crippen LogP contribution in [0.3, 0.4) is 0 Å². The Balaban J connectivity index is 2.24. The highest BCUT2D eigenvalue weighted by atomic mass is 35.5. The van der Waals surface area contributed by atoms with E-state index in [4.69, 9.17) is 16.3 Å². The summed E-state index contributed by atoms with van der Waals surface area (Å²) in [4.78, 5) is 2.56. The molecule has 1 aliphatic rings. The Bertz CT molecular complexity index is 433.